The number of ether oxygens (including phenoxy) is 1. The van der Waals surface area contributed by atoms with Crippen molar-refractivity contribution < 1.29 is 19.1 Å². The fourth-order valence-corrected chi connectivity index (χ4v) is 2.13. The van der Waals surface area contributed by atoms with Crippen LogP contribution in [0.5, 0.6) is 0 Å². The van der Waals surface area contributed by atoms with Crippen LogP contribution in [-0.2, 0) is 19.1 Å². The summed E-state index contributed by atoms with van der Waals surface area (Å²) in [5.74, 6) is -0.350. The van der Waals surface area contributed by atoms with E-state index in [9.17, 15) is 14.4 Å². The Morgan fingerprint density at radius 1 is 1.26 bits per heavy atom. The van der Waals surface area contributed by atoms with Gasteiger partial charge in [0.2, 0.25) is 11.8 Å². The zero-order valence-electron chi connectivity index (χ0n) is 11.6. The molecule has 0 unspecified atom stereocenters. The van der Waals surface area contributed by atoms with Crippen LogP contribution in [0.4, 0.5) is 0 Å². The maximum Gasteiger partial charge on any atom is 0.309 e. The highest BCUT2D eigenvalue weighted by Gasteiger charge is 2.27. The molecular formula is C13H22N2O4. The first-order valence-electron chi connectivity index (χ1n) is 6.73. The molecule has 0 radical (unpaired) electrons. The number of nitrogens with one attached hydrogen (secondary N) is 1. The first-order valence-corrected chi connectivity index (χ1v) is 6.73. The second-order valence-corrected chi connectivity index (χ2v) is 4.64. The van der Waals surface area contributed by atoms with E-state index in [-0.39, 0.29) is 23.7 Å². The van der Waals surface area contributed by atoms with Crippen LogP contribution < -0.4 is 5.32 Å². The highest BCUT2D eigenvalue weighted by molar-refractivity contribution is 5.78. The molecule has 1 saturated heterocycles. The summed E-state index contributed by atoms with van der Waals surface area (Å²) in [6.07, 6.45) is 1.62. The highest BCUT2D eigenvalue weighted by atomic mass is 16.5. The van der Waals surface area contributed by atoms with Crippen LogP contribution in [-0.4, -0.2) is 48.9 Å². The van der Waals surface area contributed by atoms with Crippen LogP contribution in [0.2, 0.25) is 0 Å². The standard InChI is InChI=1S/C13H22N2O4/c1-3-19-13(18)11-5-8-15(9-6-11)12(17)4-7-14-10(2)16/h11H,3-9H2,1-2H3,(H,14,16). The van der Waals surface area contributed by atoms with Crippen molar-refractivity contribution in [1.29, 1.82) is 0 Å². The molecule has 0 saturated carbocycles. The van der Waals surface area contributed by atoms with E-state index in [4.69, 9.17) is 4.74 Å². The minimum atomic E-state index is -0.159. The largest absolute Gasteiger partial charge is 0.466 e. The molecule has 1 N–H and O–H groups in total. The minimum Gasteiger partial charge on any atom is -0.466 e. The smallest absolute Gasteiger partial charge is 0.309 e. The summed E-state index contributed by atoms with van der Waals surface area (Å²) in [4.78, 5) is 35.8. The van der Waals surface area contributed by atoms with Crippen molar-refractivity contribution in [3.8, 4) is 0 Å². The van der Waals surface area contributed by atoms with E-state index in [0.29, 0.717) is 45.5 Å². The molecule has 0 atom stereocenters. The van der Waals surface area contributed by atoms with Gasteiger partial charge in [-0.1, -0.05) is 0 Å². The molecule has 1 fully saturated rings. The number of carbonyl (C=O) groups excluding carboxylic acids is 3. The van der Waals surface area contributed by atoms with Crippen molar-refractivity contribution in [2.75, 3.05) is 26.2 Å². The summed E-state index contributed by atoms with van der Waals surface area (Å²) in [6.45, 7) is 5.15. The minimum absolute atomic E-state index is 0.0241. The summed E-state index contributed by atoms with van der Waals surface area (Å²) in [7, 11) is 0. The highest BCUT2D eigenvalue weighted by Crippen LogP contribution is 2.19. The van der Waals surface area contributed by atoms with Gasteiger partial charge in [0.25, 0.3) is 0 Å². The quantitative estimate of drug-likeness (QED) is 0.730. The molecule has 0 bridgehead atoms. The first-order chi connectivity index (χ1) is 9.04. The van der Waals surface area contributed by atoms with Gasteiger partial charge in [0, 0.05) is 33.0 Å². The Morgan fingerprint density at radius 2 is 1.89 bits per heavy atom. The summed E-state index contributed by atoms with van der Waals surface area (Å²) in [5.41, 5.74) is 0. The van der Waals surface area contributed by atoms with Gasteiger partial charge in [0.1, 0.15) is 0 Å². The van der Waals surface area contributed by atoms with Gasteiger partial charge in [-0.3, -0.25) is 14.4 Å². The Balaban J connectivity index is 2.27. The predicted molar refractivity (Wildman–Crippen MR) is 69.2 cm³/mol. The molecule has 0 aromatic rings. The number of amides is 2. The predicted octanol–water partition coefficient (Wildman–Crippen LogP) is 0.314. The van der Waals surface area contributed by atoms with E-state index in [1.54, 1.807) is 11.8 Å². The molecule has 1 aliphatic heterocycles. The number of piperidine rings is 1. The van der Waals surface area contributed by atoms with E-state index in [1.165, 1.54) is 6.92 Å². The van der Waals surface area contributed by atoms with Crippen molar-refractivity contribution in [3.05, 3.63) is 0 Å². The molecule has 19 heavy (non-hydrogen) atoms. The Morgan fingerprint density at radius 3 is 2.42 bits per heavy atom. The molecule has 0 aromatic carbocycles. The molecule has 6 nitrogen and oxygen atoms in total. The number of nitrogens with zero attached hydrogens (tertiary/aromatic N) is 1. The van der Waals surface area contributed by atoms with E-state index < -0.39 is 0 Å². The summed E-state index contributed by atoms with van der Waals surface area (Å²) >= 11 is 0. The summed E-state index contributed by atoms with van der Waals surface area (Å²) in [5, 5.41) is 2.60. The second kappa shape index (κ2) is 7.76. The molecule has 108 valence electrons. The monoisotopic (exact) mass is 270 g/mol. The van der Waals surface area contributed by atoms with Gasteiger partial charge in [-0.25, -0.2) is 0 Å². The molecule has 6 heteroatoms. The Labute approximate surface area is 113 Å². The molecule has 0 aromatic heterocycles. The summed E-state index contributed by atoms with van der Waals surface area (Å²) < 4.78 is 4.98. The van der Waals surface area contributed by atoms with Gasteiger partial charge in [-0.05, 0) is 19.8 Å². The van der Waals surface area contributed by atoms with Crippen LogP contribution in [0.25, 0.3) is 0 Å². The summed E-state index contributed by atoms with van der Waals surface area (Å²) in [6, 6.07) is 0. The Kier molecular flexibility index (Phi) is 6.32. The van der Waals surface area contributed by atoms with E-state index in [0.717, 1.165) is 0 Å². The van der Waals surface area contributed by atoms with Crippen molar-refractivity contribution in [2.45, 2.75) is 33.1 Å². The molecule has 1 heterocycles. The van der Waals surface area contributed by atoms with Gasteiger partial charge >= 0.3 is 5.97 Å². The second-order valence-electron chi connectivity index (χ2n) is 4.64. The maximum atomic E-state index is 11.8. The van der Waals surface area contributed by atoms with Gasteiger partial charge in [0.05, 0.1) is 12.5 Å². The van der Waals surface area contributed by atoms with E-state index >= 15 is 0 Å². The lowest BCUT2D eigenvalue weighted by Crippen LogP contribution is -2.41. The van der Waals surface area contributed by atoms with Gasteiger partial charge in [-0.2, -0.15) is 0 Å². The molecule has 0 aliphatic carbocycles. The van der Waals surface area contributed by atoms with Gasteiger partial charge < -0.3 is 15.0 Å². The van der Waals surface area contributed by atoms with Crippen molar-refractivity contribution in [2.24, 2.45) is 5.92 Å². The van der Waals surface area contributed by atoms with Crippen LogP contribution in [0, 0.1) is 5.92 Å². The van der Waals surface area contributed by atoms with Crippen LogP contribution in [0.15, 0.2) is 0 Å². The normalized spacial score (nSPS) is 16.0. The number of hydrogen-bond donors (Lipinski definition) is 1. The van der Waals surface area contributed by atoms with E-state index in [2.05, 4.69) is 5.32 Å². The fraction of sp³-hybridized carbons (Fsp3) is 0.769. The van der Waals surface area contributed by atoms with Gasteiger partial charge in [-0.15, -0.1) is 0 Å². The zero-order valence-corrected chi connectivity index (χ0v) is 11.6. The third-order valence-corrected chi connectivity index (χ3v) is 3.18. The van der Waals surface area contributed by atoms with Crippen molar-refractivity contribution in [3.63, 3.8) is 0 Å². The van der Waals surface area contributed by atoms with E-state index in [1.807, 2.05) is 0 Å². The molecule has 1 rings (SSSR count). The maximum absolute atomic E-state index is 11.8. The number of hydrogen-bond acceptors (Lipinski definition) is 4. The lowest BCUT2D eigenvalue weighted by molar-refractivity contribution is -0.151. The fourth-order valence-electron chi connectivity index (χ4n) is 2.13. The molecule has 0 spiro atoms. The Hall–Kier alpha value is -1.59. The molecule has 1 aliphatic rings. The SMILES string of the molecule is CCOC(=O)C1CCN(C(=O)CCNC(C)=O)CC1. The van der Waals surface area contributed by atoms with Crippen molar-refractivity contribution >= 4 is 17.8 Å². The Bertz CT molecular complexity index is 336. The number of likely N-dealkylation sites (tertiary alicyclic amines) is 1. The molecular weight excluding hydrogens is 248 g/mol. The lowest BCUT2D eigenvalue weighted by Gasteiger charge is -2.31. The number of carbonyl (C=O) groups is 3. The van der Waals surface area contributed by atoms with Crippen LogP contribution in [0.1, 0.15) is 33.1 Å². The van der Waals surface area contributed by atoms with Crippen molar-refractivity contribution in [1.82, 2.24) is 10.2 Å². The topological polar surface area (TPSA) is 75.7 Å². The average molecular weight is 270 g/mol. The number of esters is 1. The lowest BCUT2D eigenvalue weighted by atomic mass is 9.97. The third kappa shape index (κ3) is 5.28. The number of rotatable bonds is 5. The third-order valence-electron chi connectivity index (χ3n) is 3.18. The first kappa shape index (κ1) is 15.5. The van der Waals surface area contributed by atoms with Crippen LogP contribution in [0.3, 0.4) is 0 Å². The zero-order chi connectivity index (χ0) is 14.3. The molecule has 2 amide bonds. The van der Waals surface area contributed by atoms with Gasteiger partial charge in [0.15, 0.2) is 0 Å². The van der Waals surface area contributed by atoms with Crippen LogP contribution >= 0.6 is 0 Å². The average Bonchev–Trinajstić information content (AvgIpc) is 2.38.